The van der Waals surface area contributed by atoms with Crippen molar-refractivity contribution < 1.29 is 14.6 Å². The number of ether oxygens (including phenoxy) is 1. The molecule has 0 bridgehead atoms. The van der Waals surface area contributed by atoms with E-state index in [1.807, 2.05) is 13.8 Å². The fourth-order valence-corrected chi connectivity index (χ4v) is 0.785. The summed E-state index contributed by atoms with van der Waals surface area (Å²) in [5, 5.41) is 11.3. The topological polar surface area (TPSA) is 58.6 Å². The van der Waals surface area contributed by atoms with Crippen LogP contribution < -0.4 is 5.32 Å². The molecule has 0 atom stereocenters. The smallest absolute Gasteiger partial charge is 0.407 e. The van der Waals surface area contributed by atoms with E-state index in [0.29, 0.717) is 13.0 Å². The molecule has 0 heterocycles. The van der Waals surface area contributed by atoms with Crippen molar-refractivity contribution in [2.75, 3.05) is 13.2 Å². The fraction of sp³-hybridized carbons (Fsp3) is 0.875. The second-order valence-corrected chi connectivity index (χ2v) is 3.20. The quantitative estimate of drug-likeness (QED) is 0.667. The SMILES string of the molecule is CCOC(=O)NC(C)(C)CCO. The number of hydrogen-bond acceptors (Lipinski definition) is 3. The van der Waals surface area contributed by atoms with Crippen molar-refractivity contribution in [2.45, 2.75) is 32.7 Å². The van der Waals surface area contributed by atoms with Crippen molar-refractivity contribution in [3.8, 4) is 0 Å². The van der Waals surface area contributed by atoms with Gasteiger partial charge in [-0.05, 0) is 27.2 Å². The second kappa shape index (κ2) is 4.98. The van der Waals surface area contributed by atoms with Crippen molar-refractivity contribution in [1.82, 2.24) is 5.32 Å². The number of amides is 1. The lowest BCUT2D eigenvalue weighted by Gasteiger charge is -2.24. The zero-order valence-electron chi connectivity index (χ0n) is 7.89. The Morgan fingerprint density at radius 3 is 2.58 bits per heavy atom. The molecule has 0 saturated carbocycles. The van der Waals surface area contributed by atoms with Gasteiger partial charge in [-0.15, -0.1) is 0 Å². The summed E-state index contributed by atoms with van der Waals surface area (Å²) in [6.07, 6.45) is 0.0854. The van der Waals surface area contributed by atoms with E-state index in [0.717, 1.165) is 0 Å². The first-order valence-corrected chi connectivity index (χ1v) is 4.07. The van der Waals surface area contributed by atoms with E-state index in [4.69, 9.17) is 9.84 Å². The lowest BCUT2D eigenvalue weighted by Crippen LogP contribution is -2.44. The van der Waals surface area contributed by atoms with Gasteiger partial charge in [0, 0.05) is 12.1 Å². The van der Waals surface area contributed by atoms with Crippen LogP contribution in [0.1, 0.15) is 27.2 Å². The molecule has 1 amide bonds. The first kappa shape index (κ1) is 11.2. The van der Waals surface area contributed by atoms with Crippen LogP contribution in [0.15, 0.2) is 0 Å². The Bertz CT molecular complexity index is 145. The van der Waals surface area contributed by atoms with Gasteiger partial charge in [-0.2, -0.15) is 0 Å². The fourth-order valence-electron chi connectivity index (χ4n) is 0.785. The van der Waals surface area contributed by atoms with Gasteiger partial charge < -0.3 is 15.2 Å². The van der Waals surface area contributed by atoms with Gasteiger partial charge >= 0.3 is 6.09 Å². The average Bonchev–Trinajstić information content (AvgIpc) is 1.85. The van der Waals surface area contributed by atoms with E-state index in [-0.39, 0.29) is 6.61 Å². The zero-order chi connectivity index (χ0) is 9.61. The van der Waals surface area contributed by atoms with Gasteiger partial charge in [0.2, 0.25) is 0 Å². The third-order valence-electron chi connectivity index (χ3n) is 1.45. The number of carbonyl (C=O) groups excluding carboxylic acids is 1. The van der Waals surface area contributed by atoms with Gasteiger partial charge in [-0.1, -0.05) is 0 Å². The van der Waals surface area contributed by atoms with Gasteiger partial charge in [0.15, 0.2) is 0 Å². The molecule has 0 rings (SSSR count). The molecule has 0 fully saturated rings. The molecular weight excluding hydrogens is 158 g/mol. The standard InChI is InChI=1S/C8H17NO3/c1-4-12-7(11)9-8(2,3)5-6-10/h10H,4-6H2,1-3H3,(H,9,11). The Hall–Kier alpha value is -0.770. The highest BCUT2D eigenvalue weighted by molar-refractivity contribution is 5.68. The first-order valence-electron chi connectivity index (χ1n) is 4.07. The van der Waals surface area contributed by atoms with E-state index in [2.05, 4.69) is 5.32 Å². The normalized spacial score (nSPS) is 11.0. The largest absolute Gasteiger partial charge is 0.450 e. The van der Waals surface area contributed by atoms with Crippen LogP contribution in [0.25, 0.3) is 0 Å². The third-order valence-corrected chi connectivity index (χ3v) is 1.45. The molecule has 12 heavy (non-hydrogen) atoms. The number of nitrogens with one attached hydrogen (secondary N) is 1. The molecule has 0 aliphatic carbocycles. The zero-order valence-corrected chi connectivity index (χ0v) is 7.89. The second-order valence-electron chi connectivity index (χ2n) is 3.20. The molecule has 0 spiro atoms. The minimum Gasteiger partial charge on any atom is -0.450 e. The Kier molecular flexibility index (Phi) is 4.66. The summed E-state index contributed by atoms with van der Waals surface area (Å²) in [6.45, 7) is 5.83. The van der Waals surface area contributed by atoms with Crippen LogP contribution in [0.4, 0.5) is 4.79 Å². The van der Waals surface area contributed by atoms with Crippen molar-refractivity contribution in [2.24, 2.45) is 0 Å². The summed E-state index contributed by atoms with van der Waals surface area (Å²) in [6, 6.07) is 0. The Balaban J connectivity index is 3.79. The molecule has 4 nitrogen and oxygen atoms in total. The van der Waals surface area contributed by atoms with Crippen LogP contribution in [0, 0.1) is 0 Å². The van der Waals surface area contributed by atoms with Crippen LogP contribution >= 0.6 is 0 Å². The predicted octanol–water partition coefficient (Wildman–Crippen LogP) is 0.893. The Morgan fingerprint density at radius 1 is 1.58 bits per heavy atom. The van der Waals surface area contributed by atoms with Crippen LogP contribution in [0.2, 0.25) is 0 Å². The summed E-state index contributed by atoms with van der Waals surface area (Å²) in [7, 11) is 0. The van der Waals surface area contributed by atoms with Gasteiger partial charge in [0.1, 0.15) is 0 Å². The summed E-state index contributed by atoms with van der Waals surface area (Å²) in [5.41, 5.74) is -0.402. The molecule has 72 valence electrons. The van der Waals surface area contributed by atoms with Crippen LogP contribution in [0.3, 0.4) is 0 Å². The highest BCUT2D eigenvalue weighted by atomic mass is 16.5. The molecule has 4 heteroatoms. The van der Waals surface area contributed by atoms with Crippen LogP contribution in [0.5, 0.6) is 0 Å². The molecule has 0 saturated heterocycles. The Labute approximate surface area is 72.9 Å². The van der Waals surface area contributed by atoms with Gasteiger partial charge in [-0.3, -0.25) is 0 Å². The van der Waals surface area contributed by atoms with Crippen molar-refractivity contribution in [3.63, 3.8) is 0 Å². The van der Waals surface area contributed by atoms with E-state index >= 15 is 0 Å². The molecular formula is C8H17NO3. The Morgan fingerprint density at radius 2 is 2.17 bits per heavy atom. The summed E-state index contributed by atoms with van der Waals surface area (Å²) < 4.78 is 4.69. The number of rotatable bonds is 4. The highest BCUT2D eigenvalue weighted by Gasteiger charge is 2.19. The van der Waals surface area contributed by atoms with E-state index in [9.17, 15) is 4.79 Å². The van der Waals surface area contributed by atoms with Gasteiger partial charge in [0.25, 0.3) is 0 Å². The van der Waals surface area contributed by atoms with Crippen molar-refractivity contribution in [3.05, 3.63) is 0 Å². The lowest BCUT2D eigenvalue weighted by molar-refractivity contribution is 0.136. The molecule has 0 aliphatic rings. The molecule has 0 radical (unpaired) electrons. The van der Waals surface area contributed by atoms with Crippen molar-refractivity contribution in [1.29, 1.82) is 0 Å². The van der Waals surface area contributed by atoms with Gasteiger partial charge in [0.05, 0.1) is 6.61 Å². The molecule has 0 aromatic carbocycles. The van der Waals surface area contributed by atoms with E-state index in [1.54, 1.807) is 6.92 Å². The van der Waals surface area contributed by atoms with Crippen molar-refractivity contribution >= 4 is 6.09 Å². The van der Waals surface area contributed by atoms with Crippen LogP contribution in [-0.4, -0.2) is 30.0 Å². The average molecular weight is 175 g/mol. The maximum atomic E-state index is 10.9. The third kappa shape index (κ3) is 4.96. The van der Waals surface area contributed by atoms with E-state index in [1.165, 1.54) is 0 Å². The molecule has 0 aliphatic heterocycles. The number of alkyl carbamates (subject to hydrolysis) is 1. The molecule has 0 aromatic rings. The van der Waals surface area contributed by atoms with Gasteiger partial charge in [-0.25, -0.2) is 4.79 Å². The van der Waals surface area contributed by atoms with E-state index < -0.39 is 11.6 Å². The lowest BCUT2D eigenvalue weighted by atomic mass is 10.0. The monoisotopic (exact) mass is 175 g/mol. The minimum atomic E-state index is -0.434. The maximum absolute atomic E-state index is 10.9. The summed E-state index contributed by atoms with van der Waals surface area (Å²) in [4.78, 5) is 10.9. The highest BCUT2D eigenvalue weighted by Crippen LogP contribution is 2.06. The molecule has 2 N–H and O–H groups in total. The summed E-state index contributed by atoms with van der Waals surface area (Å²) >= 11 is 0. The number of hydrogen-bond donors (Lipinski definition) is 2. The molecule has 0 aromatic heterocycles. The first-order chi connectivity index (χ1) is 5.52. The number of carbonyl (C=O) groups is 1. The van der Waals surface area contributed by atoms with Crippen LogP contribution in [-0.2, 0) is 4.74 Å². The number of aliphatic hydroxyl groups excluding tert-OH is 1. The predicted molar refractivity (Wildman–Crippen MR) is 45.9 cm³/mol. The molecule has 0 unspecified atom stereocenters. The number of aliphatic hydroxyl groups is 1. The summed E-state index contributed by atoms with van der Waals surface area (Å²) in [5.74, 6) is 0. The maximum Gasteiger partial charge on any atom is 0.407 e. The minimum absolute atomic E-state index is 0.0550.